The molecule has 0 aliphatic carbocycles. The lowest BCUT2D eigenvalue weighted by molar-refractivity contribution is -0.142. The monoisotopic (exact) mass is 309 g/mol. The third-order valence-corrected chi connectivity index (χ3v) is 3.55. The van der Waals surface area contributed by atoms with Crippen LogP contribution < -0.4 is 10.1 Å². The van der Waals surface area contributed by atoms with Crippen LogP contribution in [0, 0.1) is 13.8 Å². The van der Waals surface area contributed by atoms with E-state index in [-0.39, 0.29) is 12.3 Å². The van der Waals surface area contributed by atoms with E-state index in [1.165, 1.54) is 5.56 Å². The van der Waals surface area contributed by atoms with E-state index < -0.39 is 18.6 Å². The minimum absolute atomic E-state index is 0.217. The van der Waals surface area contributed by atoms with Crippen LogP contribution in [0.25, 0.3) is 0 Å². The van der Waals surface area contributed by atoms with E-state index in [1.54, 1.807) is 7.11 Å². The maximum atomic E-state index is 11.7. The number of carbonyl (C=O) groups is 2. The molecule has 22 heavy (non-hydrogen) atoms. The molecule has 0 saturated carbocycles. The second-order valence-corrected chi connectivity index (χ2v) is 5.23. The minimum Gasteiger partial charge on any atom is -0.497 e. The molecule has 0 radical (unpaired) electrons. The highest BCUT2D eigenvalue weighted by Gasteiger charge is 2.18. The third kappa shape index (κ3) is 5.04. The Bertz CT molecular complexity index is 518. The van der Waals surface area contributed by atoms with Gasteiger partial charge in [0.05, 0.1) is 13.7 Å². The number of nitrogens with one attached hydrogen (secondary N) is 1. The third-order valence-electron chi connectivity index (χ3n) is 3.55. The first-order valence-electron chi connectivity index (χ1n) is 7.16. The van der Waals surface area contributed by atoms with E-state index >= 15 is 0 Å². The molecule has 0 aliphatic rings. The number of carboxylic acid groups (broad SMARTS) is 1. The van der Waals surface area contributed by atoms with Gasteiger partial charge in [0.2, 0.25) is 5.91 Å². The minimum atomic E-state index is -1.24. The summed E-state index contributed by atoms with van der Waals surface area (Å²) in [6.07, 6.45) is 1.55. The van der Waals surface area contributed by atoms with Crippen molar-refractivity contribution in [2.75, 3.05) is 13.7 Å². The number of carbonyl (C=O) groups excluding carboxylic acids is 1. The van der Waals surface area contributed by atoms with Gasteiger partial charge < -0.3 is 20.3 Å². The molecule has 0 heterocycles. The average molecular weight is 309 g/mol. The molecule has 0 aromatic heterocycles. The highest BCUT2D eigenvalue weighted by atomic mass is 16.5. The van der Waals surface area contributed by atoms with Crippen molar-refractivity contribution in [3.05, 3.63) is 28.8 Å². The SMILES string of the molecule is COc1cc(C)c(CCCC(=O)NC(CO)C(=O)O)c(C)c1. The van der Waals surface area contributed by atoms with Crippen molar-refractivity contribution in [1.29, 1.82) is 0 Å². The first kappa shape index (κ1) is 18.0. The number of rotatable bonds is 8. The lowest BCUT2D eigenvalue weighted by atomic mass is 9.97. The molecule has 0 spiro atoms. The predicted octanol–water partition coefficient (Wildman–Crippen LogP) is 1.20. The topological polar surface area (TPSA) is 95.9 Å². The van der Waals surface area contributed by atoms with Crippen LogP contribution in [0.3, 0.4) is 0 Å². The number of aliphatic hydroxyl groups excluding tert-OH is 1. The second kappa shape index (κ2) is 8.38. The number of methoxy groups -OCH3 is 1. The Labute approximate surface area is 130 Å². The number of carboxylic acids is 1. The smallest absolute Gasteiger partial charge is 0.328 e. The number of ether oxygens (including phenoxy) is 1. The molecule has 1 aromatic rings. The first-order chi connectivity index (χ1) is 10.4. The van der Waals surface area contributed by atoms with Crippen LogP contribution >= 0.6 is 0 Å². The van der Waals surface area contributed by atoms with E-state index in [0.29, 0.717) is 6.42 Å². The number of hydrogen-bond acceptors (Lipinski definition) is 4. The first-order valence-corrected chi connectivity index (χ1v) is 7.16. The lowest BCUT2D eigenvalue weighted by Crippen LogP contribution is -2.43. The zero-order valence-electron chi connectivity index (χ0n) is 13.2. The van der Waals surface area contributed by atoms with Gasteiger partial charge in [-0.15, -0.1) is 0 Å². The molecule has 122 valence electrons. The molecule has 1 rings (SSSR count). The average Bonchev–Trinajstić information content (AvgIpc) is 2.46. The normalized spacial score (nSPS) is 11.8. The molecular formula is C16H23NO5. The number of aliphatic carboxylic acids is 1. The van der Waals surface area contributed by atoms with Crippen LogP contribution in [-0.4, -0.2) is 41.8 Å². The van der Waals surface area contributed by atoms with Crippen molar-refractivity contribution in [2.24, 2.45) is 0 Å². The van der Waals surface area contributed by atoms with Gasteiger partial charge >= 0.3 is 5.97 Å². The largest absolute Gasteiger partial charge is 0.497 e. The van der Waals surface area contributed by atoms with Gasteiger partial charge in [-0.25, -0.2) is 4.79 Å². The second-order valence-electron chi connectivity index (χ2n) is 5.23. The number of aryl methyl sites for hydroxylation is 2. The summed E-state index contributed by atoms with van der Waals surface area (Å²) < 4.78 is 5.21. The van der Waals surface area contributed by atoms with Gasteiger partial charge in [0, 0.05) is 6.42 Å². The molecule has 6 heteroatoms. The summed E-state index contributed by atoms with van der Waals surface area (Å²) in [6, 6.07) is 2.67. The van der Waals surface area contributed by atoms with Crippen LogP contribution in [0.1, 0.15) is 29.5 Å². The summed E-state index contributed by atoms with van der Waals surface area (Å²) in [7, 11) is 1.62. The zero-order valence-corrected chi connectivity index (χ0v) is 13.2. The van der Waals surface area contributed by atoms with Crippen LogP contribution in [0.15, 0.2) is 12.1 Å². The van der Waals surface area contributed by atoms with Crippen molar-refractivity contribution in [1.82, 2.24) is 5.32 Å². The maximum absolute atomic E-state index is 11.7. The number of amides is 1. The van der Waals surface area contributed by atoms with Gasteiger partial charge in [-0.1, -0.05) is 0 Å². The fourth-order valence-corrected chi connectivity index (χ4v) is 2.34. The van der Waals surface area contributed by atoms with Crippen molar-refractivity contribution in [3.63, 3.8) is 0 Å². The fourth-order valence-electron chi connectivity index (χ4n) is 2.34. The molecule has 0 aliphatic heterocycles. The Morgan fingerprint density at radius 3 is 2.32 bits per heavy atom. The predicted molar refractivity (Wildman–Crippen MR) is 82.1 cm³/mol. The highest BCUT2D eigenvalue weighted by Crippen LogP contribution is 2.23. The molecular weight excluding hydrogens is 286 g/mol. The summed E-state index contributed by atoms with van der Waals surface area (Å²) >= 11 is 0. The van der Waals surface area contributed by atoms with Gasteiger partial charge in [-0.2, -0.15) is 0 Å². The van der Waals surface area contributed by atoms with Gasteiger partial charge in [0.1, 0.15) is 11.8 Å². The molecule has 6 nitrogen and oxygen atoms in total. The van der Waals surface area contributed by atoms with E-state index in [9.17, 15) is 9.59 Å². The summed E-state index contributed by atoms with van der Waals surface area (Å²) in [4.78, 5) is 22.4. The summed E-state index contributed by atoms with van der Waals surface area (Å²) in [5.41, 5.74) is 3.39. The Morgan fingerprint density at radius 2 is 1.86 bits per heavy atom. The number of aliphatic hydroxyl groups is 1. The van der Waals surface area contributed by atoms with E-state index in [4.69, 9.17) is 14.9 Å². The molecule has 1 amide bonds. The Hall–Kier alpha value is -2.08. The maximum Gasteiger partial charge on any atom is 0.328 e. The Morgan fingerprint density at radius 1 is 1.27 bits per heavy atom. The molecule has 1 atom stereocenters. The van der Waals surface area contributed by atoms with Crippen molar-refractivity contribution >= 4 is 11.9 Å². The summed E-state index contributed by atoms with van der Waals surface area (Å²) in [6.45, 7) is 3.38. The molecule has 0 bridgehead atoms. The standard InChI is InChI=1S/C16H23NO5/c1-10-7-12(22-3)8-11(2)13(10)5-4-6-15(19)17-14(9-18)16(20)21/h7-8,14,18H,4-6,9H2,1-3H3,(H,17,19)(H,20,21). The van der Waals surface area contributed by atoms with Gasteiger partial charge in [-0.3, -0.25) is 4.79 Å². The fraction of sp³-hybridized carbons (Fsp3) is 0.500. The molecule has 1 aromatic carbocycles. The number of benzene rings is 1. The molecule has 1 unspecified atom stereocenters. The van der Waals surface area contributed by atoms with Crippen molar-refractivity contribution < 1.29 is 24.5 Å². The zero-order chi connectivity index (χ0) is 16.7. The van der Waals surface area contributed by atoms with E-state index in [0.717, 1.165) is 23.3 Å². The number of hydrogen-bond donors (Lipinski definition) is 3. The molecule has 0 saturated heterocycles. The van der Waals surface area contributed by atoms with Gasteiger partial charge in [-0.05, 0) is 55.5 Å². The van der Waals surface area contributed by atoms with Crippen LogP contribution in [-0.2, 0) is 16.0 Å². The van der Waals surface area contributed by atoms with Crippen LogP contribution in [0.5, 0.6) is 5.75 Å². The van der Waals surface area contributed by atoms with Gasteiger partial charge in [0.15, 0.2) is 0 Å². The van der Waals surface area contributed by atoms with Crippen LogP contribution in [0.4, 0.5) is 0 Å². The Balaban J connectivity index is 2.54. The van der Waals surface area contributed by atoms with Crippen molar-refractivity contribution in [3.8, 4) is 5.75 Å². The highest BCUT2D eigenvalue weighted by molar-refractivity contribution is 5.83. The van der Waals surface area contributed by atoms with Crippen LogP contribution in [0.2, 0.25) is 0 Å². The quantitative estimate of drug-likeness (QED) is 0.670. The van der Waals surface area contributed by atoms with E-state index in [2.05, 4.69) is 5.32 Å². The van der Waals surface area contributed by atoms with Crippen molar-refractivity contribution in [2.45, 2.75) is 39.2 Å². The summed E-state index contributed by atoms with van der Waals surface area (Å²) in [5, 5.41) is 19.9. The molecule has 0 fully saturated rings. The van der Waals surface area contributed by atoms with E-state index in [1.807, 2.05) is 26.0 Å². The summed E-state index contributed by atoms with van der Waals surface area (Å²) in [5.74, 6) is -0.799. The lowest BCUT2D eigenvalue weighted by Gasteiger charge is -2.13. The molecule has 3 N–H and O–H groups in total. The Kier molecular flexibility index (Phi) is 6.85. The van der Waals surface area contributed by atoms with Gasteiger partial charge in [0.25, 0.3) is 0 Å².